The van der Waals surface area contributed by atoms with E-state index in [4.69, 9.17) is 16.3 Å². The average molecular weight is 272 g/mol. The molecule has 0 fully saturated rings. The lowest BCUT2D eigenvalue weighted by Gasteiger charge is -2.15. The predicted molar refractivity (Wildman–Crippen MR) is 72.6 cm³/mol. The summed E-state index contributed by atoms with van der Waals surface area (Å²) < 4.78 is 5.43. The minimum Gasteiger partial charge on any atom is -0.487 e. The number of hydrogen-bond acceptors (Lipinski definition) is 3. The van der Waals surface area contributed by atoms with Crippen LogP contribution in [0, 0.1) is 10.1 Å². The van der Waals surface area contributed by atoms with Gasteiger partial charge in [0.2, 0.25) is 0 Å². The van der Waals surface area contributed by atoms with E-state index in [-0.39, 0.29) is 17.0 Å². The van der Waals surface area contributed by atoms with E-state index in [2.05, 4.69) is 0 Å². The van der Waals surface area contributed by atoms with Crippen LogP contribution < -0.4 is 4.74 Å². The normalized spacial score (nSPS) is 14.0. The van der Waals surface area contributed by atoms with Crippen molar-refractivity contribution in [1.82, 2.24) is 0 Å². The maximum Gasteiger partial charge on any atom is 0.310 e. The highest BCUT2D eigenvalue weighted by atomic mass is 35.5. The molecular weight excluding hydrogens is 254 g/mol. The minimum absolute atomic E-state index is 0.00151. The molecule has 18 heavy (non-hydrogen) atoms. The molecule has 1 aromatic rings. The number of nitro groups is 1. The third-order valence-corrected chi connectivity index (χ3v) is 3.23. The Labute approximate surface area is 112 Å². The van der Waals surface area contributed by atoms with Crippen LogP contribution in [0.1, 0.15) is 38.7 Å². The molecule has 2 unspecified atom stereocenters. The van der Waals surface area contributed by atoms with E-state index < -0.39 is 4.92 Å². The topological polar surface area (TPSA) is 52.4 Å². The zero-order chi connectivity index (χ0) is 13.7. The third kappa shape index (κ3) is 3.60. The van der Waals surface area contributed by atoms with Crippen LogP contribution in [0.3, 0.4) is 0 Å². The van der Waals surface area contributed by atoms with Gasteiger partial charge in [-0.1, -0.05) is 19.9 Å². The van der Waals surface area contributed by atoms with Crippen molar-refractivity contribution in [3.8, 4) is 5.75 Å². The van der Waals surface area contributed by atoms with Crippen LogP contribution in [-0.2, 0) is 0 Å². The fourth-order valence-corrected chi connectivity index (χ4v) is 1.70. The summed E-state index contributed by atoms with van der Waals surface area (Å²) in [6, 6.07) is 4.94. The summed E-state index contributed by atoms with van der Waals surface area (Å²) in [6.07, 6.45) is 0.808. The lowest BCUT2D eigenvalue weighted by molar-refractivity contribution is -0.385. The van der Waals surface area contributed by atoms with Crippen molar-refractivity contribution < 1.29 is 9.66 Å². The smallest absolute Gasteiger partial charge is 0.310 e. The van der Waals surface area contributed by atoms with Crippen molar-refractivity contribution >= 4 is 17.3 Å². The molecule has 5 heteroatoms. The highest BCUT2D eigenvalue weighted by Gasteiger charge is 2.19. The van der Waals surface area contributed by atoms with E-state index in [9.17, 15) is 10.1 Å². The number of halogens is 1. The van der Waals surface area contributed by atoms with Crippen LogP contribution in [-0.4, -0.2) is 16.9 Å². The van der Waals surface area contributed by atoms with Crippen LogP contribution in [0.15, 0.2) is 18.2 Å². The van der Waals surface area contributed by atoms with Gasteiger partial charge in [-0.05, 0) is 30.9 Å². The highest BCUT2D eigenvalue weighted by molar-refractivity contribution is 6.20. The standard InChI is InChI=1S/C13H18ClNO3/c1-4-7-18-13-8-11(9(2)10(3)14)5-6-12(13)15(16)17/h5-6,8-10H,4,7H2,1-3H3. The molecular formula is C13H18ClNO3. The van der Waals surface area contributed by atoms with E-state index in [0.29, 0.717) is 12.4 Å². The van der Waals surface area contributed by atoms with E-state index in [1.807, 2.05) is 20.8 Å². The fourth-order valence-electron chi connectivity index (χ4n) is 1.56. The Morgan fingerprint density at radius 3 is 2.61 bits per heavy atom. The largest absolute Gasteiger partial charge is 0.487 e. The summed E-state index contributed by atoms with van der Waals surface area (Å²) in [5.41, 5.74) is 0.954. The van der Waals surface area contributed by atoms with Crippen molar-refractivity contribution in [1.29, 1.82) is 0 Å². The summed E-state index contributed by atoms with van der Waals surface area (Å²) in [5.74, 6) is 0.444. The molecule has 0 aliphatic heterocycles. The van der Waals surface area contributed by atoms with Gasteiger partial charge in [-0.2, -0.15) is 0 Å². The highest BCUT2D eigenvalue weighted by Crippen LogP contribution is 2.32. The molecule has 4 nitrogen and oxygen atoms in total. The Morgan fingerprint density at radius 1 is 1.44 bits per heavy atom. The summed E-state index contributed by atoms with van der Waals surface area (Å²) in [6.45, 7) is 6.32. The van der Waals surface area contributed by atoms with Gasteiger partial charge in [-0.25, -0.2) is 0 Å². The summed E-state index contributed by atoms with van der Waals surface area (Å²) >= 11 is 6.05. The molecule has 0 saturated carbocycles. The molecule has 0 heterocycles. The molecule has 0 N–H and O–H groups in total. The van der Waals surface area contributed by atoms with Crippen LogP contribution in [0.25, 0.3) is 0 Å². The number of rotatable bonds is 6. The van der Waals surface area contributed by atoms with Crippen molar-refractivity contribution in [2.24, 2.45) is 0 Å². The second-order valence-electron chi connectivity index (χ2n) is 4.30. The lowest BCUT2D eigenvalue weighted by atomic mass is 9.98. The van der Waals surface area contributed by atoms with E-state index in [0.717, 1.165) is 12.0 Å². The Kier molecular flexibility index (Phi) is 5.41. The molecule has 0 aromatic heterocycles. The quantitative estimate of drug-likeness (QED) is 0.444. The SMILES string of the molecule is CCCOc1cc(C(C)C(C)Cl)ccc1[N+](=O)[O-]. The third-order valence-electron chi connectivity index (χ3n) is 2.86. The van der Waals surface area contributed by atoms with Gasteiger partial charge in [0.1, 0.15) is 0 Å². The van der Waals surface area contributed by atoms with E-state index in [1.165, 1.54) is 6.07 Å². The Morgan fingerprint density at radius 2 is 2.11 bits per heavy atom. The summed E-state index contributed by atoms with van der Waals surface area (Å²) in [4.78, 5) is 10.5. The van der Waals surface area contributed by atoms with Crippen LogP contribution in [0.2, 0.25) is 0 Å². The predicted octanol–water partition coefficient (Wildman–Crippen LogP) is 4.11. The van der Waals surface area contributed by atoms with Crippen LogP contribution in [0.4, 0.5) is 5.69 Å². The molecule has 100 valence electrons. The second-order valence-corrected chi connectivity index (χ2v) is 4.99. The van der Waals surface area contributed by atoms with Crippen molar-refractivity contribution in [3.05, 3.63) is 33.9 Å². The van der Waals surface area contributed by atoms with E-state index >= 15 is 0 Å². The Bertz CT molecular complexity index is 421. The molecule has 1 rings (SSSR count). The van der Waals surface area contributed by atoms with E-state index in [1.54, 1.807) is 12.1 Å². The molecule has 0 spiro atoms. The zero-order valence-electron chi connectivity index (χ0n) is 10.9. The van der Waals surface area contributed by atoms with Gasteiger partial charge in [-0.3, -0.25) is 10.1 Å². The van der Waals surface area contributed by atoms with Crippen LogP contribution in [0.5, 0.6) is 5.75 Å². The van der Waals surface area contributed by atoms with Crippen molar-refractivity contribution in [2.45, 2.75) is 38.5 Å². The molecule has 0 amide bonds. The average Bonchev–Trinajstić information content (AvgIpc) is 2.34. The molecule has 0 aliphatic carbocycles. The summed E-state index contributed by atoms with van der Waals surface area (Å²) in [7, 11) is 0. The first kappa shape index (κ1) is 14.8. The molecule has 0 saturated heterocycles. The molecule has 0 aliphatic rings. The van der Waals surface area contributed by atoms with Gasteiger partial charge in [0, 0.05) is 11.4 Å². The number of nitro benzene ring substituents is 1. The lowest BCUT2D eigenvalue weighted by Crippen LogP contribution is -2.06. The fraction of sp³-hybridized carbons (Fsp3) is 0.538. The number of hydrogen-bond donors (Lipinski definition) is 0. The first-order valence-corrected chi connectivity index (χ1v) is 6.46. The molecule has 0 radical (unpaired) electrons. The molecule has 2 atom stereocenters. The van der Waals surface area contributed by atoms with Gasteiger partial charge in [-0.15, -0.1) is 11.6 Å². The monoisotopic (exact) mass is 271 g/mol. The summed E-state index contributed by atoms with van der Waals surface area (Å²) in [5, 5.41) is 10.9. The van der Waals surface area contributed by atoms with Gasteiger partial charge < -0.3 is 4.74 Å². The first-order valence-electron chi connectivity index (χ1n) is 6.02. The Hall–Kier alpha value is -1.29. The van der Waals surface area contributed by atoms with Gasteiger partial charge in [0.05, 0.1) is 11.5 Å². The maximum absolute atomic E-state index is 10.9. The molecule has 1 aromatic carbocycles. The zero-order valence-corrected chi connectivity index (χ0v) is 11.6. The second kappa shape index (κ2) is 6.59. The van der Waals surface area contributed by atoms with Crippen molar-refractivity contribution in [3.63, 3.8) is 0 Å². The number of nitrogens with zero attached hydrogens (tertiary/aromatic N) is 1. The number of alkyl halides is 1. The number of benzene rings is 1. The first-order chi connectivity index (χ1) is 8.47. The minimum atomic E-state index is -0.427. The maximum atomic E-state index is 10.9. The Balaban J connectivity index is 3.08. The van der Waals surface area contributed by atoms with Gasteiger partial charge in [0.15, 0.2) is 5.75 Å². The van der Waals surface area contributed by atoms with Crippen molar-refractivity contribution in [2.75, 3.05) is 6.61 Å². The molecule has 0 bridgehead atoms. The van der Waals surface area contributed by atoms with Crippen LogP contribution >= 0.6 is 11.6 Å². The number of ether oxygens (including phenoxy) is 1. The van der Waals surface area contributed by atoms with Gasteiger partial charge >= 0.3 is 5.69 Å². The van der Waals surface area contributed by atoms with Gasteiger partial charge in [0.25, 0.3) is 0 Å².